The first kappa shape index (κ1) is 16.2. The monoisotopic (exact) mass is 244 g/mol. The van der Waals surface area contributed by atoms with Gasteiger partial charge in [-0.1, -0.05) is 71.1 Å². The first-order valence-electron chi connectivity index (χ1n) is 7.34. The first-order chi connectivity index (χ1) is 7.81. The van der Waals surface area contributed by atoms with Crippen molar-refractivity contribution in [2.45, 2.75) is 90.6 Å². The summed E-state index contributed by atoms with van der Waals surface area (Å²) >= 11 is 0. The molecule has 0 heterocycles. The van der Waals surface area contributed by atoms with Gasteiger partial charge in [-0.2, -0.15) is 0 Å². The lowest BCUT2D eigenvalue weighted by Gasteiger charge is -2.08. The van der Waals surface area contributed by atoms with Gasteiger partial charge in [0.05, 0.1) is 0 Å². The summed E-state index contributed by atoms with van der Waals surface area (Å²) in [5.41, 5.74) is 0. The molecule has 1 atom stereocenters. The third-order valence-corrected chi connectivity index (χ3v) is 4.17. The van der Waals surface area contributed by atoms with E-state index in [9.17, 15) is 0 Å². The molecule has 16 heavy (non-hydrogen) atoms. The quantitative estimate of drug-likeness (QED) is 0.373. The van der Waals surface area contributed by atoms with E-state index in [1.54, 1.807) is 0 Å². The van der Waals surface area contributed by atoms with Crippen molar-refractivity contribution in [3.63, 3.8) is 0 Å². The number of rotatable bonds is 12. The Morgan fingerprint density at radius 2 is 1.25 bits per heavy atom. The molecule has 0 amide bonds. The average Bonchev–Trinajstić information content (AvgIpc) is 2.31. The van der Waals surface area contributed by atoms with Crippen LogP contribution < -0.4 is 0 Å². The van der Waals surface area contributed by atoms with Crippen LogP contribution in [0.4, 0.5) is 0 Å². The highest BCUT2D eigenvalue weighted by atomic mass is 28.2. The zero-order valence-electron chi connectivity index (χ0n) is 11.8. The maximum atomic E-state index is 5.37. The average molecular weight is 244 g/mol. The van der Waals surface area contributed by atoms with E-state index in [0.717, 1.165) is 10.5 Å². The zero-order valence-corrected chi connectivity index (χ0v) is 13.8. The molecule has 98 valence electrons. The van der Waals surface area contributed by atoms with Crippen molar-refractivity contribution in [3.05, 3.63) is 0 Å². The highest BCUT2D eigenvalue weighted by Crippen LogP contribution is 2.12. The van der Waals surface area contributed by atoms with Crippen LogP contribution in [0, 0.1) is 0 Å². The van der Waals surface area contributed by atoms with Crippen molar-refractivity contribution in [3.8, 4) is 0 Å². The lowest BCUT2D eigenvalue weighted by molar-refractivity contribution is 0.226. The maximum Gasteiger partial charge on any atom is 0.146 e. The number of hydrogen-bond donors (Lipinski definition) is 0. The summed E-state index contributed by atoms with van der Waals surface area (Å²) in [4.78, 5) is 0. The molecule has 1 unspecified atom stereocenters. The Kier molecular flexibility index (Phi) is 13.4. The summed E-state index contributed by atoms with van der Waals surface area (Å²) < 4.78 is 5.37. The van der Waals surface area contributed by atoms with Gasteiger partial charge >= 0.3 is 0 Å². The Balaban J connectivity index is 2.93. The minimum absolute atomic E-state index is 0.515. The SMILES string of the molecule is CCCCCCCCCCCCC(C)O[SiH3]. The second-order valence-electron chi connectivity index (χ2n) is 5.02. The molecule has 1 nitrogen and oxygen atoms in total. The molecule has 0 radical (unpaired) electrons. The number of unbranched alkanes of at least 4 members (excludes halogenated alkanes) is 9. The third kappa shape index (κ3) is 12.2. The predicted octanol–water partition coefficient (Wildman–Crippen LogP) is 3.98. The van der Waals surface area contributed by atoms with Crippen LogP contribution in [0.15, 0.2) is 0 Å². The molecule has 0 N–H and O–H groups in total. The second-order valence-corrected chi connectivity index (χ2v) is 5.49. The van der Waals surface area contributed by atoms with Crippen molar-refractivity contribution in [2.75, 3.05) is 0 Å². The molecule has 0 aromatic heterocycles. The Hall–Kier alpha value is 0.177. The summed E-state index contributed by atoms with van der Waals surface area (Å²) in [7, 11) is 0.894. The number of hydrogen-bond acceptors (Lipinski definition) is 1. The van der Waals surface area contributed by atoms with Crippen LogP contribution in [0.25, 0.3) is 0 Å². The van der Waals surface area contributed by atoms with Gasteiger partial charge in [-0.3, -0.25) is 0 Å². The third-order valence-electron chi connectivity index (χ3n) is 3.37. The van der Waals surface area contributed by atoms with Crippen LogP contribution in [0.5, 0.6) is 0 Å². The fourth-order valence-electron chi connectivity index (χ4n) is 2.04. The molecule has 0 saturated carbocycles. The molecule has 0 saturated heterocycles. The topological polar surface area (TPSA) is 9.23 Å². The van der Waals surface area contributed by atoms with Gasteiger partial charge in [0, 0.05) is 6.10 Å². The highest BCUT2D eigenvalue weighted by molar-refractivity contribution is 5.98. The van der Waals surface area contributed by atoms with E-state index in [4.69, 9.17) is 4.43 Å². The molecule has 0 rings (SSSR count). The van der Waals surface area contributed by atoms with Crippen LogP contribution in [0.2, 0.25) is 0 Å². The van der Waals surface area contributed by atoms with Gasteiger partial charge in [0.25, 0.3) is 0 Å². The zero-order chi connectivity index (χ0) is 12.1. The minimum Gasteiger partial charge on any atom is -0.425 e. The Labute approximate surface area is 106 Å². The van der Waals surface area contributed by atoms with Crippen molar-refractivity contribution in [1.29, 1.82) is 0 Å². The Morgan fingerprint density at radius 1 is 0.812 bits per heavy atom. The van der Waals surface area contributed by atoms with Gasteiger partial charge in [0.15, 0.2) is 0 Å². The van der Waals surface area contributed by atoms with E-state index in [1.807, 2.05) is 0 Å². The van der Waals surface area contributed by atoms with Gasteiger partial charge < -0.3 is 4.43 Å². The fraction of sp³-hybridized carbons (Fsp3) is 1.00. The standard InChI is InChI=1S/C14H32OSi/c1-3-4-5-6-7-8-9-10-11-12-13-14(2)15-16/h14H,3-13H2,1-2,16H3. The van der Waals surface area contributed by atoms with Gasteiger partial charge in [0.1, 0.15) is 10.5 Å². The summed E-state index contributed by atoms with van der Waals surface area (Å²) in [6, 6.07) is 0. The first-order valence-corrected chi connectivity index (χ1v) is 8.15. The molecular weight excluding hydrogens is 212 g/mol. The van der Waals surface area contributed by atoms with Gasteiger partial charge in [-0.25, -0.2) is 0 Å². The molecule has 0 aliphatic heterocycles. The highest BCUT2D eigenvalue weighted by Gasteiger charge is 1.97. The molecular formula is C14H32OSi. The van der Waals surface area contributed by atoms with Crippen LogP contribution in [0.1, 0.15) is 84.5 Å². The summed E-state index contributed by atoms with van der Waals surface area (Å²) in [6.07, 6.45) is 16.0. The van der Waals surface area contributed by atoms with Crippen LogP contribution in [-0.4, -0.2) is 16.6 Å². The largest absolute Gasteiger partial charge is 0.425 e. The van der Waals surface area contributed by atoms with Crippen LogP contribution in [-0.2, 0) is 4.43 Å². The van der Waals surface area contributed by atoms with Crippen molar-refractivity contribution >= 4 is 10.5 Å². The van der Waals surface area contributed by atoms with E-state index >= 15 is 0 Å². The normalized spacial score (nSPS) is 13.1. The summed E-state index contributed by atoms with van der Waals surface area (Å²) in [5.74, 6) is 0. The molecule has 0 bridgehead atoms. The lowest BCUT2D eigenvalue weighted by atomic mass is 10.1. The lowest BCUT2D eigenvalue weighted by Crippen LogP contribution is -2.04. The fourth-order valence-corrected chi connectivity index (χ4v) is 2.27. The molecule has 0 aliphatic rings. The smallest absolute Gasteiger partial charge is 0.146 e. The molecule has 0 fully saturated rings. The van der Waals surface area contributed by atoms with E-state index in [1.165, 1.54) is 70.6 Å². The van der Waals surface area contributed by atoms with Crippen molar-refractivity contribution < 1.29 is 4.43 Å². The van der Waals surface area contributed by atoms with Gasteiger partial charge in [0.2, 0.25) is 0 Å². The maximum absolute atomic E-state index is 5.37. The van der Waals surface area contributed by atoms with E-state index in [-0.39, 0.29) is 0 Å². The van der Waals surface area contributed by atoms with E-state index in [2.05, 4.69) is 13.8 Å². The second kappa shape index (κ2) is 13.2. The molecule has 0 spiro atoms. The Bertz CT molecular complexity index is 128. The van der Waals surface area contributed by atoms with Gasteiger partial charge in [-0.15, -0.1) is 0 Å². The van der Waals surface area contributed by atoms with Crippen molar-refractivity contribution in [1.82, 2.24) is 0 Å². The van der Waals surface area contributed by atoms with E-state index in [0.29, 0.717) is 6.10 Å². The predicted molar refractivity (Wildman–Crippen MR) is 76.9 cm³/mol. The molecule has 2 heteroatoms. The van der Waals surface area contributed by atoms with Crippen molar-refractivity contribution in [2.24, 2.45) is 0 Å². The minimum atomic E-state index is 0.515. The summed E-state index contributed by atoms with van der Waals surface area (Å²) in [5, 5.41) is 0. The van der Waals surface area contributed by atoms with Crippen LogP contribution in [0.3, 0.4) is 0 Å². The summed E-state index contributed by atoms with van der Waals surface area (Å²) in [6.45, 7) is 4.48. The Morgan fingerprint density at radius 3 is 1.69 bits per heavy atom. The molecule has 0 aromatic carbocycles. The molecule has 0 aromatic rings. The van der Waals surface area contributed by atoms with E-state index < -0.39 is 0 Å². The van der Waals surface area contributed by atoms with Crippen LogP contribution >= 0.6 is 0 Å². The van der Waals surface area contributed by atoms with Gasteiger partial charge in [-0.05, 0) is 13.3 Å². The molecule has 0 aliphatic carbocycles.